The van der Waals surface area contributed by atoms with Gasteiger partial charge in [-0.1, -0.05) is 26.2 Å². The van der Waals surface area contributed by atoms with Crippen LogP contribution in [-0.2, 0) is 10.0 Å². The van der Waals surface area contributed by atoms with E-state index in [1.165, 1.54) is 19.3 Å². The predicted octanol–water partition coefficient (Wildman–Crippen LogP) is 1.72. The SMILES string of the molecule is CCCS(=O)(=O)N(C1CCCCC1)C1CCNC1. The van der Waals surface area contributed by atoms with E-state index < -0.39 is 10.0 Å². The Balaban J connectivity index is 2.15. The Morgan fingerprint density at radius 3 is 2.39 bits per heavy atom. The fourth-order valence-electron chi connectivity index (χ4n) is 3.31. The zero-order valence-corrected chi connectivity index (χ0v) is 12.2. The summed E-state index contributed by atoms with van der Waals surface area (Å²) in [6, 6.07) is 0.463. The van der Waals surface area contributed by atoms with Gasteiger partial charge in [0.2, 0.25) is 10.0 Å². The molecule has 1 atom stereocenters. The lowest BCUT2D eigenvalue weighted by molar-refractivity contribution is 0.210. The van der Waals surface area contributed by atoms with Gasteiger partial charge in [-0.3, -0.25) is 0 Å². The molecule has 0 bridgehead atoms. The number of nitrogens with zero attached hydrogens (tertiary/aromatic N) is 1. The third-order valence-corrected chi connectivity index (χ3v) is 6.27. The number of hydrogen-bond acceptors (Lipinski definition) is 3. The highest BCUT2D eigenvalue weighted by molar-refractivity contribution is 7.89. The van der Waals surface area contributed by atoms with Crippen LogP contribution in [0.15, 0.2) is 0 Å². The molecule has 106 valence electrons. The van der Waals surface area contributed by atoms with Crippen molar-refractivity contribution >= 4 is 10.0 Å². The number of rotatable bonds is 5. The fraction of sp³-hybridized carbons (Fsp3) is 1.00. The monoisotopic (exact) mass is 274 g/mol. The average molecular weight is 274 g/mol. The minimum Gasteiger partial charge on any atom is -0.315 e. The molecule has 5 heteroatoms. The van der Waals surface area contributed by atoms with Crippen LogP contribution in [0.25, 0.3) is 0 Å². The van der Waals surface area contributed by atoms with E-state index in [2.05, 4.69) is 5.32 Å². The highest BCUT2D eigenvalue weighted by atomic mass is 32.2. The number of hydrogen-bond donors (Lipinski definition) is 1. The van der Waals surface area contributed by atoms with Crippen LogP contribution in [0.1, 0.15) is 51.9 Å². The maximum atomic E-state index is 12.5. The molecule has 2 fully saturated rings. The molecule has 4 nitrogen and oxygen atoms in total. The number of nitrogens with one attached hydrogen (secondary N) is 1. The molecule has 2 rings (SSSR count). The maximum Gasteiger partial charge on any atom is 0.214 e. The summed E-state index contributed by atoms with van der Waals surface area (Å²) in [6.45, 7) is 3.73. The van der Waals surface area contributed by atoms with Crippen molar-refractivity contribution in [1.82, 2.24) is 9.62 Å². The predicted molar refractivity (Wildman–Crippen MR) is 74.1 cm³/mol. The Hall–Kier alpha value is -0.130. The van der Waals surface area contributed by atoms with Crippen LogP contribution in [0.2, 0.25) is 0 Å². The third kappa shape index (κ3) is 3.25. The van der Waals surface area contributed by atoms with Crippen molar-refractivity contribution in [2.45, 2.75) is 64.0 Å². The zero-order chi connectivity index (χ0) is 13.0. The van der Waals surface area contributed by atoms with Crippen LogP contribution >= 0.6 is 0 Å². The lowest BCUT2D eigenvalue weighted by atomic mass is 9.95. The van der Waals surface area contributed by atoms with E-state index in [9.17, 15) is 8.42 Å². The molecular weight excluding hydrogens is 248 g/mol. The van der Waals surface area contributed by atoms with Gasteiger partial charge >= 0.3 is 0 Å². The van der Waals surface area contributed by atoms with Crippen molar-refractivity contribution in [1.29, 1.82) is 0 Å². The summed E-state index contributed by atoms with van der Waals surface area (Å²) in [6.07, 6.45) is 7.43. The van der Waals surface area contributed by atoms with E-state index in [1.807, 2.05) is 11.2 Å². The van der Waals surface area contributed by atoms with E-state index in [0.717, 1.165) is 32.4 Å². The van der Waals surface area contributed by atoms with Gasteiger partial charge < -0.3 is 5.32 Å². The van der Waals surface area contributed by atoms with Gasteiger partial charge in [0, 0.05) is 18.6 Å². The summed E-state index contributed by atoms with van der Waals surface area (Å²) < 4.78 is 26.9. The van der Waals surface area contributed by atoms with Crippen molar-refractivity contribution in [3.63, 3.8) is 0 Å². The normalized spacial score (nSPS) is 26.9. The van der Waals surface area contributed by atoms with E-state index in [0.29, 0.717) is 12.2 Å². The third-order valence-electron chi connectivity index (χ3n) is 4.11. The van der Waals surface area contributed by atoms with E-state index >= 15 is 0 Å². The van der Waals surface area contributed by atoms with Crippen molar-refractivity contribution in [3.8, 4) is 0 Å². The van der Waals surface area contributed by atoms with E-state index in [-0.39, 0.29) is 12.1 Å². The van der Waals surface area contributed by atoms with Gasteiger partial charge in [-0.25, -0.2) is 8.42 Å². The lowest BCUT2D eigenvalue weighted by Crippen LogP contribution is -2.49. The summed E-state index contributed by atoms with van der Waals surface area (Å²) in [5.74, 6) is 0.306. The molecule has 0 aromatic heterocycles. The van der Waals surface area contributed by atoms with Crippen LogP contribution in [0.4, 0.5) is 0 Å². The summed E-state index contributed by atoms with van der Waals surface area (Å²) in [5, 5.41) is 3.30. The quantitative estimate of drug-likeness (QED) is 0.830. The largest absolute Gasteiger partial charge is 0.315 e. The number of sulfonamides is 1. The molecular formula is C13H26N2O2S. The van der Waals surface area contributed by atoms with Gasteiger partial charge in [0.15, 0.2) is 0 Å². The molecule has 18 heavy (non-hydrogen) atoms. The van der Waals surface area contributed by atoms with Crippen molar-refractivity contribution in [2.75, 3.05) is 18.8 Å². The van der Waals surface area contributed by atoms with Crippen molar-refractivity contribution in [3.05, 3.63) is 0 Å². The molecule has 1 unspecified atom stereocenters. The Kier molecular flexibility index (Phi) is 5.04. The second kappa shape index (κ2) is 6.35. The molecule has 0 aromatic carbocycles. The molecule has 1 saturated heterocycles. The first-order valence-electron chi connectivity index (χ1n) is 7.37. The molecule has 1 aliphatic heterocycles. The molecule has 1 N–H and O–H groups in total. The van der Waals surface area contributed by atoms with Crippen molar-refractivity contribution < 1.29 is 8.42 Å². The van der Waals surface area contributed by atoms with Gasteiger partial charge in [0.1, 0.15) is 0 Å². The molecule has 0 aromatic rings. The zero-order valence-electron chi connectivity index (χ0n) is 11.4. The van der Waals surface area contributed by atoms with Gasteiger partial charge in [-0.05, 0) is 32.2 Å². The first-order valence-corrected chi connectivity index (χ1v) is 8.98. The first kappa shape index (κ1) is 14.3. The Morgan fingerprint density at radius 1 is 1.11 bits per heavy atom. The topological polar surface area (TPSA) is 49.4 Å². The van der Waals surface area contributed by atoms with E-state index in [4.69, 9.17) is 0 Å². The summed E-state index contributed by atoms with van der Waals surface area (Å²) in [4.78, 5) is 0. The minimum atomic E-state index is -3.06. The second-order valence-corrected chi connectivity index (χ2v) is 7.58. The van der Waals surface area contributed by atoms with Crippen molar-refractivity contribution in [2.24, 2.45) is 0 Å². The molecule has 0 spiro atoms. The summed E-state index contributed by atoms with van der Waals surface area (Å²) >= 11 is 0. The Morgan fingerprint density at radius 2 is 1.83 bits per heavy atom. The minimum absolute atomic E-state index is 0.199. The van der Waals surface area contributed by atoms with Crippen LogP contribution in [0.3, 0.4) is 0 Å². The smallest absolute Gasteiger partial charge is 0.214 e. The van der Waals surface area contributed by atoms with Gasteiger partial charge in [0.05, 0.1) is 5.75 Å². The molecule has 2 aliphatic rings. The molecule has 1 aliphatic carbocycles. The second-order valence-electron chi connectivity index (χ2n) is 5.58. The molecule has 0 radical (unpaired) electrons. The van der Waals surface area contributed by atoms with Gasteiger partial charge in [-0.2, -0.15) is 4.31 Å². The van der Waals surface area contributed by atoms with Crippen LogP contribution in [-0.4, -0.2) is 43.6 Å². The van der Waals surface area contributed by atoms with Gasteiger partial charge in [0.25, 0.3) is 0 Å². The van der Waals surface area contributed by atoms with Crippen LogP contribution in [0.5, 0.6) is 0 Å². The Bertz CT molecular complexity index is 344. The van der Waals surface area contributed by atoms with Gasteiger partial charge in [-0.15, -0.1) is 0 Å². The molecule has 1 heterocycles. The lowest BCUT2D eigenvalue weighted by Gasteiger charge is -2.37. The molecule has 1 saturated carbocycles. The highest BCUT2D eigenvalue weighted by Crippen LogP contribution is 2.28. The van der Waals surface area contributed by atoms with Crippen LogP contribution < -0.4 is 5.32 Å². The Labute approximate surface area is 111 Å². The highest BCUT2D eigenvalue weighted by Gasteiger charge is 2.37. The molecule has 0 amide bonds. The summed E-state index contributed by atoms with van der Waals surface area (Å²) in [7, 11) is -3.06. The van der Waals surface area contributed by atoms with Crippen LogP contribution in [0, 0.1) is 0 Å². The fourth-order valence-corrected chi connectivity index (χ4v) is 5.33. The standard InChI is InChI=1S/C13H26N2O2S/c1-2-10-18(16,17)15(13-8-9-14-11-13)12-6-4-3-5-7-12/h12-14H,2-11H2,1H3. The van der Waals surface area contributed by atoms with E-state index in [1.54, 1.807) is 0 Å². The first-order chi connectivity index (χ1) is 8.65. The summed E-state index contributed by atoms with van der Waals surface area (Å²) in [5.41, 5.74) is 0. The maximum absolute atomic E-state index is 12.5. The average Bonchev–Trinajstić information content (AvgIpc) is 2.83.